The maximum absolute atomic E-state index is 13.2. The molecule has 0 saturated carbocycles. The molecule has 3 N–H and O–H groups in total. The molecule has 3 aromatic carbocycles. The molecule has 1 fully saturated rings. The van der Waals surface area contributed by atoms with Crippen LogP contribution < -0.4 is 16.0 Å². The van der Waals surface area contributed by atoms with Crippen molar-refractivity contribution < 1.29 is 9.59 Å². The fourth-order valence-corrected chi connectivity index (χ4v) is 5.34. The average molecular weight is 527 g/mol. The molecule has 0 aliphatic carbocycles. The SMILES string of the molecule is CCCCCCCNC(=O)Nc1ccccc1C(=O)NC1CCN(C(c2ccccc2)c2ccccc2)CC1. The van der Waals surface area contributed by atoms with Crippen molar-refractivity contribution in [1.82, 2.24) is 15.5 Å². The van der Waals surface area contributed by atoms with Crippen LogP contribution in [0.15, 0.2) is 84.9 Å². The van der Waals surface area contributed by atoms with Gasteiger partial charge in [-0.15, -0.1) is 0 Å². The van der Waals surface area contributed by atoms with Crippen molar-refractivity contribution >= 4 is 17.6 Å². The van der Waals surface area contributed by atoms with Crippen LogP contribution in [0, 0.1) is 0 Å². The average Bonchev–Trinajstić information content (AvgIpc) is 2.97. The van der Waals surface area contributed by atoms with Gasteiger partial charge in [-0.3, -0.25) is 9.69 Å². The summed E-state index contributed by atoms with van der Waals surface area (Å²) in [6.45, 7) is 4.60. The first-order chi connectivity index (χ1) is 19.2. The highest BCUT2D eigenvalue weighted by Gasteiger charge is 2.28. The quantitative estimate of drug-likeness (QED) is 0.228. The molecular formula is C33H42N4O2. The number of hydrogen-bond donors (Lipinski definition) is 3. The molecule has 0 aromatic heterocycles. The molecule has 1 aliphatic heterocycles. The Hall–Kier alpha value is -3.64. The number of benzene rings is 3. The van der Waals surface area contributed by atoms with Crippen LogP contribution in [0.2, 0.25) is 0 Å². The molecule has 1 heterocycles. The van der Waals surface area contributed by atoms with Gasteiger partial charge in [0.2, 0.25) is 0 Å². The lowest BCUT2D eigenvalue weighted by Crippen LogP contribution is -2.46. The summed E-state index contributed by atoms with van der Waals surface area (Å²) >= 11 is 0. The van der Waals surface area contributed by atoms with Gasteiger partial charge in [-0.1, -0.05) is 105 Å². The van der Waals surface area contributed by atoms with Crippen LogP contribution in [0.4, 0.5) is 10.5 Å². The molecule has 3 amide bonds. The number of piperidine rings is 1. The van der Waals surface area contributed by atoms with E-state index in [0.29, 0.717) is 17.8 Å². The first kappa shape index (κ1) is 28.4. The van der Waals surface area contributed by atoms with E-state index in [0.717, 1.165) is 38.8 Å². The summed E-state index contributed by atoms with van der Waals surface area (Å²) in [6, 6.07) is 28.5. The number of anilines is 1. The van der Waals surface area contributed by atoms with Crippen LogP contribution >= 0.6 is 0 Å². The third-order valence-electron chi connectivity index (χ3n) is 7.45. The number of para-hydroxylation sites is 1. The number of nitrogens with zero attached hydrogens (tertiary/aromatic N) is 1. The lowest BCUT2D eigenvalue weighted by atomic mass is 9.94. The molecule has 6 heteroatoms. The topological polar surface area (TPSA) is 73.5 Å². The van der Waals surface area contributed by atoms with Crippen LogP contribution in [0.5, 0.6) is 0 Å². The molecule has 6 nitrogen and oxygen atoms in total. The molecule has 0 spiro atoms. The van der Waals surface area contributed by atoms with E-state index in [2.05, 4.69) is 88.4 Å². The van der Waals surface area contributed by atoms with Gasteiger partial charge in [-0.2, -0.15) is 0 Å². The number of carbonyl (C=O) groups excluding carboxylic acids is 2. The van der Waals surface area contributed by atoms with Crippen LogP contribution in [0.25, 0.3) is 0 Å². The molecule has 0 unspecified atom stereocenters. The van der Waals surface area contributed by atoms with E-state index in [1.807, 2.05) is 12.1 Å². The Bertz CT molecular complexity index is 1120. The maximum atomic E-state index is 13.2. The zero-order chi connectivity index (χ0) is 27.3. The number of amides is 3. The molecule has 1 aliphatic rings. The van der Waals surface area contributed by atoms with Gasteiger partial charge < -0.3 is 16.0 Å². The Balaban J connectivity index is 1.31. The van der Waals surface area contributed by atoms with Gasteiger partial charge in [0.25, 0.3) is 5.91 Å². The molecular weight excluding hydrogens is 484 g/mol. The number of unbranched alkanes of at least 4 members (excludes halogenated alkanes) is 4. The Morgan fingerprint density at radius 1 is 0.795 bits per heavy atom. The van der Waals surface area contributed by atoms with Crippen molar-refractivity contribution in [3.8, 4) is 0 Å². The van der Waals surface area contributed by atoms with Crippen molar-refractivity contribution in [2.75, 3.05) is 25.0 Å². The first-order valence-corrected chi connectivity index (χ1v) is 14.4. The number of nitrogens with one attached hydrogen (secondary N) is 3. The second-order valence-electron chi connectivity index (χ2n) is 10.3. The van der Waals surface area contributed by atoms with Crippen LogP contribution in [-0.2, 0) is 0 Å². The fourth-order valence-electron chi connectivity index (χ4n) is 5.34. The lowest BCUT2D eigenvalue weighted by Gasteiger charge is -2.38. The summed E-state index contributed by atoms with van der Waals surface area (Å²) in [6.07, 6.45) is 7.45. The highest BCUT2D eigenvalue weighted by atomic mass is 16.2. The standard InChI is InChI=1S/C33H42N4O2/c1-2-3-4-5-14-23-34-33(39)36-30-20-13-12-19-29(30)32(38)35-28-21-24-37(25-22-28)31(26-15-8-6-9-16-26)27-17-10-7-11-18-27/h6-13,15-20,28,31H,2-5,14,21-25H2,1H3,(H,35,38)(H2,34,36,39). The minimum atomic E-state index is -0.271. The Kier molecular flexibility index (Phi) is 11.0. The zero-order valence-electron chi connectivity index (χ0n) is 23.1. The molecule has 0 atom stereocenters. The predicted molar refractivity (Wildman–Crippen MR) is 159 cm³/mol. The highest BCUT2D eigenvalue weighted by Crippen LogP contribution is 2.31. The number of hydrogen-bond acceptors (Lipinski definition) is 3. The third-order valence-corrected chi connectivity index (χ3v) is 7.45. The molecule has 4 rings (SSSR count). The van der Waals surface area contributed by atoms with Crippen molar-refractivity contribution in [2.24, 2.45) is 0 Å². The summed E-state index contributed by atoms with van der Waals surface area (Å²) in [5.74, 6) is -0.147. The van der Waals surface area contributed by atoms with E-state index in [1.54, 1.807) is 12.1 Å². The fraction of sp³-hybridized carbons (Fsp3) is 0.394. The van der Waals surface area contributed by atoms with Gasteiger partial charge in [0, 0.05) is 25.7 Å². The lowest BCUT2D eigenvalue weighted by molar-refractivity contribution is 0.0901. The monoisotopic (exact) mass is 526 g/mol. The van der Waals surface area contributed by atoms with E-state index in [4.69, 9.17) is 0 Å². The summed E-state index contributed by atoms with van der Waals surface area (Å²) in [5.41, 5.74) is 3.59. The predicted octanol–water partition coefficient (Wildman–Crippen LogP) is 6.76. The molecule has 39 heavy (non-hydrogen) atoms. The van der Waals surface area contributed by atoms with Crippen molar-refractivity contribution in [1.29, 1.82) is 0 Å². The van der Waals surface area contributed by atoms with Gasteiger partial charge in [-0.05, 0) is 42.5 Å². The molecule has 3 aromatic rings. The van der Waals surface area contributed by atoms with Crippen LogP contribution in [-0.4, -0.2) is 42.5 Å². The van der Waals surface area contributed by atoms with Gasteiger partial charge in [0.1, 0.15) is 0 Å². The normalized spacial score (nSPS) is 14.2. The second kappa shape index (κ2) is 15.1. The van der Waals surface area contributed by atoms with E-state index in [-0.39, 0.29) is 24.0 Å². The molecule has 1 saturated heterocycles. The van der Waals surface area contributed by atoms with Gasteiger partial charge in [0.15, 0.2) is 0 Å². The second-order valence-corrected chi connectivity index (χ2v) is 10.3. The van der Waals surface area contributed by atoms with Crippen molar-refractivity contribution in [2.45, 2.75) is 64.0 Å². The Labute approximate surface area is 233 Å². The number of likely N-dealkylation sites (tertiary alicyclic amines) is 1. The van der Waals surface area contributed by atoms with Crippen LogP contribution in [0.3, 0.4) is 0 Å². The summed E-state index contributed by atoms with van der Waals surface area (Å²) in [4.78, 5) is 28.2. The highest BCUT2D eigenvalue weighted by molar-refractivity contribution is 6.03. The van der Waals surface area contributed by atoms with Gasteiger partial charge in [0.05, 0.1) is 17.3 Å². The third kappa shape index (κ3) is 8.42. The molecule has 0 radical (unpaired) electrons. The number of carbonyl (C=O) groups is 2. The van der Waals surface area contributed by atoms with Crippen molar-refractivity contribution in [3.05, 3.63) is 102 Å². The minimum absolute atomic E-state index is 0.0888. The van der Waals surface area contributed by atoms with Crippen molar-refractivity contribution in [3.63, 3.8) is 0 Å². The summed E-state index contributed by atoms with van der Waals surface area (Å²) in [5, 5.41) is 9.00. The maximum Gasteiger partial charge on any atom is 0.319 e. The molecule has 206 valence electrons. The minimum Gasteiger partial charge on any atom is -0.349 e. The Morgan fingerprint density at radius 3 is 2.03 bits per heavy atom. The largest absolute Gasteiger partial charge is 0.349 e. The van der Waals surface area contributed by atoms with Gasteiger partial charge in [-0.25, -0.2) is 4.79 Å². The van der Waals surface area contributed by atoms with E-state index in [9.17, 15) is 9.59 Å². The van der Waals surface area contributed by atoms with Gasteiger partial charge >= 0.3 is 6.03 Å². The van der Waals surface area contributed by atoms with Crippen LogP contribution in [0.1, 0.15) is 79.4 Å². The summed E-state index contributed by atoms with van der Waals surface area (Å²) < 4.78 is 0. The number of urea groups is 1. The summed E-state index contributed by atoms with van der Waals surface area (Å²) in [7, 11) is 0. The number of rotatable bonds is 12. The first-order valence-electron chi connectivity index (χ1n) is 14.4. The smallest absolute Gasteiger partial charge is 0.319 e. The molecule has 0 bridgehead atoms. The van der Waals surface area contributed by atoms with E-state index < -0.39 is 0 Å². The van der Waals surface area contributed by atoms with E-state index >= 15 is 0 Å². The van der Waals surface area contributed by atoms with E-state index in [1.165, 1.54) is 30.4 Å². The Morgan fingerprint density at radius 2 is 1.38 bits per heavy atom. The zero-order valence-corrected chi connectivity index (χ0v) is 23.1.